The van der Waals surface area contributed by atoms with Gasteiger partial charge in [-0.3, -0.25) is 4.57 Å². The first-order chi connectivity index (χ1) is 7.29. The third-order valence-corrected chi connectivity index (χ3v) is 6.99. The highest BCUT2D eigenvalue weighted by molar-refractivity contribution is 6.65. The van der Waals surface area contributed by atoms with Gasteiger partial charge < -0.3 is 8.85 Å². The summed E-state index contributed by atoms with van der Waals surface area (Å²) in [6, 6.07) is 1.13. The molecule has 1 aliphatic rings. The van der Waals surface area contributed by atoms with Crippen molar-refractivity contribution < 1.29 is 8.85 Å². The van der Waals surface area contributed by atoms with E-state index in [-0.39, 0.29) is 0 Å². The van der Waals surface area contributed by atoms with Gasteiger partial charge in [-0.1, -0.05) is 26.2 Å². The number of nitrogens with zero attached hydrogens (tertiary/aromatic N) is 1. The van der Waals surface area contributed by atoms with Crippen molar-refractivity contribution >= 4 is 8.72 Å². The number of hydrogen-bond acceptors (Lipinski definition) is 3. The van der Waals surface area contributed by atoms with Crippen LogP contribution in [0.15, 0.2) is 0 Å². The average Bonchev–Trinajstić information content (AvgIpc) is 2.68. The van der Waals surface area contributed by atoms with Crippen LogP contribution in [0, 0.1) is 0 Å². The molecule has 3 nitrogen and oxygen atoms in total. The molecular formula is C11H25NO2Si. The third kappa shape index (κ3) is 3.28. The van der Waals surface area contributed by atoms with E-state index in [1.165, 1.54) is 38.6 Å². The molecule has 0 amide bonds. The highest BCUT2D eigenvalue weighted by atomic mass is 28.4. The van der Waals surface area contributed by atoms with Crippen LogP contribution in [0.2, 0.25) is 6.04 Å². The van der Waals surface area contributed by atoms with Crippen molar-refractivity contribution in [3.63, 3.8) is 0 Å². The predicted octanol–water partition coefficient (Wildman–Crippen LogP) is 2.50. The van der Waals surface area contributed by atoms with E-state index in [1.54, 1.807) is 14.2 Å². The zero-order chi connectivity index (χ0) is 11.1. The fraction of sp³-hybridized carbons (Fsp3) is 1.00. The molecule has 0 aromatic carbocycles. The standard InChI is InChI=1S/C11H25NO2Si/c1-4-5-6-7-9-12-10-8-11-15(12,13-2)14-3/h4-11H2,1-3H3. The van der Waals surface area contributed by atoms with Gasteiger partial charge in [-0.25, -0.2) is 0 Å². The van der Waals surface area contributed by atoms with Crippen LogP contribution >= 0.6 is 0 Å². The molecule has 0 spiro atoms. The Morgan fingerprint density at radius 3 is 2.47 bits per heavy atom. The van der Waals surface area contributed by atoms with Crippen molar-refractivity contribution in [2.24, 2.45) is 0 Å². The van der Waals surface area contributed by atoms with Crippen LogP contribution in [0.3, 0.4) is 0 Å². The average molecular weight is 231 g/mol. The molecule has 1 rings (SSSR count). The Morgan fingerprint density at radius 1 is 1.13 bits per heavy atom. The van der Waals surface area contributed by atoms with Crippen LogP contribution in [0.4, 0.5) is 0 Å². The minimum Gasteiger partial charge on any atom is -0.386 e. The zero-order valence-electron chi connectivity index (χ0n) is 10.4. The largest absolute Gasteiger partial charge is 0.427 e. The van der Waals surface area contributed by atoms with Gasteiger partial charge in [-0.2, -0.15) is 0 Å². The van der Waals surface area contributed by atoms with Gasteiger partial charge in [0, 0.05) is 20.3 Å². The van der Waals surface area contributed by atoms with Gasteiger partial charge in [-0.15, -0.1) is 0 Å². The van der Waals surface area contributed by atoms with Crippen molar-refractivity contribution in [2.75, 3.05) is 27.3 Å². The second-order valence-corrected chi connectivity index (χ2v) is 7.65. The van der Waals surface area contributed by atoms with Crippen molar-refractivity contribution in [1.82, 2.24) is 4.57 Å². The highest BCUT2D eigenvalue weighted by Gasteiger charge is 2.46. The van der Waals surface area contributed by atoms with E-state index in [9.17, 15) is 0 Å². The summed E-state index contributed by atoms with van der Waals surface area (Å²) >= 11 is 0. The van der Waals surface area contributed by atoms with Crippen molar-refractivity contribution in [1.29, 1.82) is 0 Å². The fourth-order valence-corrected chi connectivity index (χ4v) is 5.39. The minimum absolute atomic E-state index is 1.13. The van der Waals surface area contributed by atoms with Crippen LogP contribution in [0.1, 0.15) is 39.0 Å². The topological polar surface area (TPSA) is 21.7 Å². The second-order valence-electron chi connectivity index (χ2n) is 4.27. The lowest BCUT2D eigenvalue weighted by atomic mass is 10.2. The first kappa shape index (κ1) is 13.2. The molecule has 0 radical (unpaired) electrons. The maximum Gasteiger partial charge on any atom is 0.427 e. The van der Waals surface area contributed by atoms with Crippen LogP contribution in [0.25, 0.3) is 0 Å². The number of unbranched alkanes of at least 4 members (excludes halogenated alkanes) is 3. The molecule has 0 N–H and O–H groups in total. The molecule has 4 heteroatoms. The molecule has 1 aliphatic heterocycles. The Balaban J connectivity index is 2.32. The highest BCUT2D eigenvalue weighted by Crippen LogP contribution is 2.27. The summed E-state index contributed by atoms with van der Waals surface area (Å²) in [6.45, 7) is 4.58. The Kier molecular flexibility index (Phi) is 5.82. The molecule has 15 heavy (non-hydrogen) atoms. The summed E-state index contributed by atoms with van der Waals surface area (Å²) in [5.74, 6) is 0. The maximum atomic E-state index is 5.66. The van der Waals surface area contributed by atoms with Gasteiger partial charge >= 0.3 is 8.72 Å². The Labute approximate surface area is 95.1 Å². The molecule has 0 saturated carbocycles. The van der Waals surface area contributed by atoms with E-state index >= 15 is 0 Å². The SMILES string of the molecule is CCCCCCN1CCC[Si]1(OC)OC. The Bertz CT molecular complexity index is 174. The van der Waals surface area contributed by atoms with E-state index < -0.39 is 8.72 Å². The minimum atomic E-state index is -1.94. The lowest BCUT2D eigenvalue weighted by molar-refractivity contribution is 0.181. The Morgan fingerprint density at radius 2 is 1.87 bits per heavy atom. The zero-order valence-corrected chi connectivity index (χ0v) is 11.4. The molecule has 0 atom stereocenters. The summed E-state index contributed by atoms with van der Waals surface area (Å²) in [5.41, 5.74) is 0. The molecule has 0 aromatic heterocycles. The van der Waals surface area contributed by atoms with E-state index in [0.717, 1.165) is 12.6 Å². The van der Waals surface area contributed by atoms with Gasteiger partial charge in [0.1, 0.15) is 0 Å². The summed E-state index contributed by atoms with van der Waals surface area (Å²) in [5, 5.41) is 0. The van der Waals surface area contributed by atoms with Crippen molar-refractivity contribution in [2.45, 2.75) is 45.1 Å². The fourth-order valence-electron chi connectivity index (χ4n) is 2.38. The molecule has 0 aromatic rings. The monoisotopic (exact) mass is 231 g/mol. The summed E-state index contributed by atoms with van der Waals surface area (Å²) in [7, 11) is 1.67. The number of hydrogen-bond donors (Lipinski definition) is 0. The van der Waals surface area contributed by atoms with Crippen molar-refractivity contribution in [3.8, 4) is 0 Å². The summed E-state index contributed by atoms with van der Waals surface area (Å²) in [6.07, 6.45) is 6.52. The molecule has 90 valence electrons. The molecule has 0 unspecified atom stereocenters. The first-order valence-electron chi connectivity index (χ1n) is 6.14. The second kappa shape index (κ2) is 6.63. The lowest BCUT2D eigenvalue weighted by Gasteiger charge is -2.31. The van der Waals surface area contributed by atoms with E-state index in [2.05, 4.69) is 11.5 Å². The van der Waals surface area contributed by atoms with Gasteiger partial charge in [0.25, 0.3) is 0 Å². The van der Waals surface area contributed by atoms with Gasteiger partial charge in [0.15, 0.2) is 0 Å². The van der Waals surface area contributed by atoms with Crippen LogP contribution in [-0.4, -0.2) is 40.6 Å². The van der Waals surface area contributed by atoms with Crippen LogP contribution in [-0.2, 0) is 8.85 Å². The molecule has 1 fully saturated rings. The maximum absolute atomic E-state index is 5.66. The summed E-state index contributed by atoms with van der Waals surface area (Å²) < 4.78 is 13.8. The molecule has 0 aliphatic carbocycles. The normalized spacial score (nSPS) is 21.0. The third-order valence-electron chi connectivity index (χ3n) is 3.32. The van der Waals surface area contributed by atoms with Crippen LogP contribution in [0.5, 0.6) is 0 Å². The quantitative estimate of drug-likeness (QED) is 0.496. The van der Waals surface area contributed by atoms with E-state index in [0.29, 0.717) is 0 Å². The molecule has 1 saturated heterocycles. The molecule has 1 heterocycles. The smallest absolute Gasteiger partial charge is 0.386 e. The van der Waals surface area contributed by atoms with Gasteiger partial charge in [0.2, 0.25) is 0 Å². The Hall–Kier alpha value is 0.0969. The van der Waals surface area contributed by atoms with E-state index in [4.69, 9.17) is 8.85 Å². The lowest BCUT2D eigenvalue weighted by Crippen LogP contribution is -2.53. The van der Waals surface area contributed by atoms with E-state index in [1.807, 2.05) is 0 Å². The number of rotatable bonds is 7. The predicted molar refractivity (Wildman–Crippen MR) is 64.9 cm³/mol. The van der Waals surface area contributed by atoms with Crippen molar-refractivity contribution in [3.05, 3.63) is 0 Å². The van der Waals surface area contributed by atoms with Gasteiger partial charge in [-0.05, 0) is 25.9 Å². The van der Waals surface area contributed by atoms with Gasteiger partial charge in [0.05, 0.1) is 0 Å². The molecular weight excluding hydrogens is 206 g/mol. The first-order valence-corrected chi connectivity index (χ1v) is 8.11. The van der Waals surface area contributed by atoms with Crippen LogP contribution < -0.4 is 0 Å². The molecule has 0 bridgehead atoms. The summed E-state index contributed by atoms with van der Waals surface area (Å²) in [4.78, 5) is 0.